The summed E-state index contributed by atoms with van der Waals surface area (Å²) in [6.07, 6.45) is 0. The fourth-order valence-electron chi connectivity index (χ4n) is 3.48. The zero-order valence-corrected chi connectivity index (χ0v) is 16.1. The molecule has 142 valence electrons. The molecule has 5 heteroatoms. The summed E-state index contributed by atoms with van der Waals surface area (Å²) in [7, 11) is 0. The maximum atomic E-state index is 12.6. The van der Waals surface area contributed by atoms with Crippen LogP contribution in [0.5, 0.6) is 0 Å². The molecule has 27 heavy (non-hydrogen) atoms. The number of quaternary nitrogens is 1. The maximum absolute atomic E-state index is 12.6. The Bertz CT molecular complexity index is 808. The zero-order chi connectivity index (χ0) is 19.2. The Hall–Kier alpha value is -2.66. The maximum Gasteiger partial charge on any atom is 0.254 e. The van der Waals surface area contributed by atoms with E-state index in [-0.39, 0.29) is 11.8 Å². The molecule has 2 aromatic carbocycles. The minimum atomic E-state index is -0.0219. The number of hydrogen-bond acceptors (Lipinski definition) is 2. The molecule has 1 aliphatic rings. The SMILES string of the molecule is Cc1cccc(C(=O)NCC[NH+]2CCN(C(=O)c3cccc(C)c3)CC2)c1. The molecule has 5 nitrogen and oxygen atoms in total. The summed E-state index contributed by atoms with van der Waals surface area (Å²) >= 11 is 0. The van der Waals surface area contributed by atoms with E-state index in [1.807, 2.05) is 67.3 Å². The first-order chi connectivity index (χ1) is 13.0. The van der Waals surface area contributed by atoms with Gasteiger partial charge in [-0.05, 0) is 38.1 Å². The number of piperazine rings is 1. The third kappa shape index (κ3) is 5.17. The van der Waals surface area contributed by atoms with Gasteiger partial charge in [0.25, 0.3) is 11.8 Å². The Labute approximate surface area is 161 Å². The van der Waals surface area contributed by atoms with Crippen molar-refractivity contribution in [3.8, 4) is 0 Å². The summed E-state index contributed by atoms with van der Waals surface area (Å²) in [4.78, 5) is 28.2. The van der Waals surface area contributed by atoms with Crippen LogP contribution in [0.15, 0.2) is 48.5 Å². The minimum Gasteiger partial charge on any atom is -0.346 e. The molecule has 1 fully saturated rings. The second kappa shape index (κ2) is 8.82. The van der Waals surface area contributed by atoms with Crippen LogP contribution >= 0.6 is 0 Å². The number of nitrogens with one attached hydrogen (secondary N) is 2. The number of rotatable bonds is 5. The molecule has 0 spiro atoms. The third-order valence-electron chi connectivity index (χ3n) is 5.07. The molecular formula is C22H28N3O2+. The normalized spacial score (nSPS) is 14.8. The van der Waals surface area contributed by atoms with Crippen LogP contribution in [0.4, 0.5) is 0 Å². The van der Waals surface area contributed by atoms with Crippen LogP contribution in [0, 0.1) is 13.8 Å². The van der Waals surface area contributed by atoms with E-state index in [9.17, 15) is 9.59 Å². The van der Waals surface area contributed by atoms with Gasteiger partial charge in [0.05, 0.1) is 39.3 Å². The molecule has 1 aliphatic heterocycles. The summed E-state index contributed by atoms with van der Waals surface area (Å²) in [5, 5.41) is 3.00. The fourth-order valence-corrected chi connectivity index (χ4v) is 3.48. The first-order valence-corrected chi connectivity index (χ1v) is 9.57. The topological polar surface area (TPSA) is 53.9 Å². The van der Waals surface area contributed by atoms with E-state index >= 15 is 0 Å². The highest BCUT2D eigenvalue weighted by Crippen LogP contribution is 2.08. The quantitative estimate of drug-likeness (QED) is 0.832. The molecule has 0 radical (unpaired) electrons. The second-order valence-electron chi connectivity index (χ2n) is 7.29. The van der Waals surface area contributed by atoms with Crippen molar-refractivity contribution in [1.29, 1.82) is 0 Å². The van der Waals surface area contributed by atoms with E-state index in [0.717, 1.165) is 49.4 Å². The number of hydrogen-bond donors (Lipinski definition) is 2. The van der Waals surface area contributed by atoms with Crippen molar-refractivity contribution in [3.63, 3.8) is 0 Å². The highest BCUT2D eigenvalue weighted by atomic mass is 16.2. The average molecular weight is 366 g/mol. The van der Waals surface area contributed by atoms with E-state index < -0.39 is 0 Å². The lowest BCUT2D eigenvalue weighted by atomic mass is 10.1. The van der Waals surface area contributed by atoms with Crippen LogP contribution < -0.4 is 10.2 Å². The lowest BCUT2D eigenvalue weighted by molar-refractivity contribution is -0.902. The largest absolute Gasteiger partial charge is 0.346 e. The third-order valence-corrected chi connectivity index (χ3v) is 5.07. The van der Waals surface area contributed by atoms with E-state index in [1.54, 1.807) is 0 Å². The van der Waals surface area contributed by atoms with Crippen LogP contribution in [0.3, 0.4) is 0 Å². The molecule has 2 aromatic rings. The Morgan fingerprint density at radius 2 is 1.56 bits per heavy atom. The van der Waals surface area contributed by atoms with Gasteiger partial charge < -0.3 is 15.1 Å². The second-order valence-corrected chi connectivity index (χ2v) is 7.29. The van der Waals surface area contributed by atoms with E-state index in [0.29, 0.717) is 12.1 Å². The molecule has 1 saturated heterocycles. The molecule has 1 heterocycles. The summed E-state index contributed by atoms with van der Waals surface area (Å²) in [5.41, 5.74) is 3.67. The lowest BCUT2D eigenvalue weighted by Crippen LogP contribution is -3.15. The van der Waals surface area contributed by atoms with Crippen molar-refractivity contribution in [2.75, 3.05) is 39.3 Å². The first-order valence-electron chi connectivity index (χ1n) is 9.57. The van der Waals surface area contributed by atoms with Crippen molar-refractivity contribution in [2.45, 2.75) is 13.8 Å². The van der Waals surface area contributed by atoms with Gasteiger partial charge in [-0.15, -0.1) is 0 Å². The fraction of sp³-hybridized carbons (Fsp3) is 0.364. The highest BCUT2D eigenvalue weighted by Gasteiger charge is 2.24. The minimum absolute atomic E-state index is 0.0219. The molecule has 0 aromatic heterocycles. The summed E-state index contributed by atoms with van der Waals surface area (Å²) < 4.78 is 0. The summed E-state index contributed by atoms with van der Waals surface area (Å²) in [6.45, 7) is 8.86. The molecule has 0 unspecified atom stereocenters. The van der Waals surface area contributed by atoms with Crippen molar-refractivity contribution >= 4 is 11.8 Å². The molecule has 0 saturated carbocycles. The van der Waals surface area contributed by atoms with Gasteiger partial charge >= 0.3 is 0 Å². The molecule has 0 bridgehead atoms. The standard InChI is InChI=1S/C22H27N3O2/c1-17-5-3-7-19(15-17)21(26)23-9-10-24-11-13-25(14-12-24)22(27)20-8-4-6-18(2)16-20/h3-8,15-16H,9-14H2,1-2H3,(H,23,26)/p+1. The van der Waals surface area contributed by atoms with Gasteiger partial charge in [0.2, 0.25) is 0 Å². The first kappa shape index (κ1) is 19.1. The Kier molecular flexibility index (Phi) is 6.24. The Morgan fingerprint density at radius 1 is 0.963 bits per heavy atom. The molecule has 2 N–H and O–H groups in total. The average Bonchev–Trinajstić information content (AvgIpc) is 2.68. The number of nitrogens with zero attached hydrogens (tertiary/aromatic N) is 1. The smallest absolute Gasteiger partial charge is 0.254 e. The van der Waals surface area contributed by atoms with Crippen LogP contribution in [0.25, 0.3) is 0 Å². The number of aryl methyl sites for hydroxylation is 2. The predicted octanol–water partition coefficient (Wildman–Crippen LogP) is 1.07. The van der Waals surface area contributed by atoms with Crippen LogP contribution in [0.2, 0.25) is 0 Å². The molecule has 0 atom stereocenters. The van der Waals surface area contributed by atoms with E-state index in [2.05, 4.69) is 5.32 Å². The predicted molar refractivity (Wildman–Crippen MR) is 106 cm³/mol. The van der Waals surface area contributed by atoms with Gasteiger partial charge in [0.15, 0.2) is 0 Å². The molecular weight excluding hydrogens is 338 g/mol. The monoisotopic (exact) mass is 366 g/mol. The number of carbonyl (C=O) groups excluding carboxylic acids is 2. The van der Waals surface area contributed by atoms with Crippen LogP contribution in [-0.4, -0.2) is 56.0 Å². The van der Waals surface area contributed by atoms with Gasteiger partial charge in [-0.2, -0.15) is 0 Å². The van der Waals surface area contributed by atoms with Crippen molar-refractivity contribution < 1.29 is 14.5 Å². The van der Waals surface area contributed by atoms with Crippen LogP contribution in [0.1, 0.15) is 31.8 Å². The number of amides is 2. The highest BCUT2D eigenvalue weighted by molar-refractivity contribution is 5.94. The van der Waals surface area contributed by atoms with Gasteiger partial charge in [-0.3, -0.25) is 9.59 Å². The van der Waals surface area contributed by atoms with Crippen molar-refractivity contribution in [1.82, 2.24) is 10.2 Å². The van der Waals surface area contributed by atoms with Crippen molar-refractivity contribution in [2.24, 2.45) is 0 Å². The lowest BCUT2D eigenvalue weighted by Gasteiger charge is -2.32. The molecule has 0 aliphatic carbocycles. The van der Waals surface area contributed by atoms with Gasteiger partial charge in [0, 0.05) is 11.1 Å². The molecule has 2 amide bonds. The van der Waals surface area contributed by atoms with Gasteiger partial charge in [0.1, 0.15) is 0 Å². The summed E-state index contributed by atoms with van der Waals surface area (Å²) in [5.74, 6) is 0.0943. The van der Waals surface area contributed by atoms with Crippen LogP contribution in [-0.2, 0) is 0 Å². The van der Waals surface area contributed by atoms with E-state index in [1.165, 1.54) is 4.90 Å². The Balaban J connectivity index is 1.42. The summed E-state index contributed by atoms with van der Waals surface area (Å²) in [6, 6.07) is 15.4. The zero-order valence-electron chi connectivity index (χ0n) is 16.1. The van der Waals surface area contributed by atoms with Gasteiger partial charge in [-0.25, -0.2) is 0 Å². The number of benzene rings is 2. The molecule has 3 rings (SSSR count). The Morgan fingerprint density at radius 3 is 2.19 bits per heavy atom. The van der Waals surface area contributed by atoms with E-state index in [4.69, 9.17) is 0 Å². The van der Waals surface area contributed by atoms with Gasteiger partial charge in [-0.1, -0.05) is 35.4 Å². The number of carbonyl (C=O) groups is 2. The van der Waals surface area contributed by atoms with Crippen molar-refractivity contribution in [3.05, 3.63) is 70.8 Å².